The van der Waals surface area contributed by atoms with Gasteiger partial charge in [-0.1, -0.05) is 13.3 Å². The van der Waals surface area contributed by atoms with Crippen molar-refractivity contribution >= 4 is 17.5 Å². The molecular formula is C19H27N5O2. The zero-order valence-electron chi connectivity index (χ0n) is 15.7. The smallest absolute Gasteiger partial charge is 0.229 e. The molecule has 1 aromatic heterocycles. The molecule has 26 heavy (non-hydrogen) atoms. The van der Waals surface area contributed by atoms with Gasteiger partial charge in [0.1, 0.15) is 17.3 Å². The Morgan fingerprint density at radius 3 is 2.46 bits per heavy atom. The van der Waals surface area contributed by atoms with Gasteiger partial charge in [0.2, 0.25) is 5.95 Å². The first-order valence-corrected chi connectivity index (χ1v) is 9.00. The molecule has 1 fully saturated rings. The van der Waals surface area contributed by atoms with Crippen LogP contribution in [0.2, 0.25) is 0 Å². The van der Waals surface area contributed by atoms with E-state index in [4.69, 9.17) is 20.2 Å². The summed E-state index contributed by atoms with van der Waals surface area (Å²) in [5.41, 5.74) is 7.90. The van der Waals surface area contributed by atoms with Crippen LogP contribution in [0, 0.1) is 0 Å². The van der Waals surface area contributed by atoms with Gasteiger partial charge in [-0.2, -0.15) is 4.98 Å². The molecular weight excluding hydrogens is 330 g/mol. The Balaban J connectivity index is 1.90. The third-order valence-corrected chi connectivity index (χ3v) is 4.43. The largest absolute Gasteiger partial charge is 0.497 e. The molecule has 1 atom stereocenters. The van der Waals surface area contributed by atoms with Gasteiger partial charge < -0.3 is 25.4 Å². The third kappa shape index (κ3) is 4.35. The Kier molecular flexibility index (Phi) is 5.78. The van der Waals surface area contributed by atoms with Gasteiger partial charge >= 0.3 is 0 Å². The van der Waals surface area contributed by atoms with Gasteiger partial charge in [0.05, 0.1) is 14.2 Å². The molecule has 1 unspecified atom stereocenters. The first-order valence-electron chi connectivity index (χ1n) is 9.00. The van der Waals surface area contributed by atoms with Crippen LogP contribution in [0.5, 0.6) is 11.5 Å². The molecule has 0 spiro atoms. The van der Waals surface area contributed by atoms with Crippen molar-refractivity contribution in [3.8, 4) is 11.5 Å². The molecule has 2 heterocycles. The second-order valence-corrected chi connectivity index (χ2v) is 6.51. The van der Waals surface area contributed by atoms with Gasteiger partial charge in [0.25, 0.3) is 0 Å². The molecule has 0 radical (unpaired) electrons. The van der Waals surface area contributed by atoms with E-state index in [1.165, 1.54) is 0 Å². The number of nitrogens with zero attached hydrogens (tertiary/aromatic N) is 3. The van der Waals surface area contributed by atoms with E-state index < -0.39 is 0 Å². The summed E-state index contributed by atoms with van der Waals surface area (Å²) in [6, 6.07) is 7.89. The number of hydrogen-bond acceptors (Lipinski definition) is 7. The molecule has 7 nitrogen and oxygen atoms in total. The van der Waals surface area contributed by atoms with Crippen molar-refractivity contribution in [3.05, 3.63) is 30.0 Å². The molecule has 1 aliphatic rings. The Morgan fingerprint density at radius 2 is 1.88 bits per heavy atom. The zero-order valence-corrected chi connectivity index (χ0v) is 15.7. The lowest BCUT2D eigenvalue weighted by molar-refractivity contribution is 0.395. The number of methoxy groups -OCH3 is 2. The lowest BCUT2D eigenvalue weighted by Crippen LogP contribution is -2.27. The van der Waals surface area contributed by atoms with Crippen LogP contribution in [0.15, 0.2) is 24.3 Å². The predicted octanol–water partition coefficient (Wildman–Crippen LogP) is 2.73. The maximum atomic E-state index is 6.06. The van der Waals surface area contributed by atoms with Gasteiger partial charge in [-0.05, 0) is 12.8 Å². The summed E-state index contributed by atoms with van der Waals surface area (Å²) in [6.07, 6.45) is 2.93. The van der Waals surface area contributed by atoms with Crippen molar-refractivity contribution in [2.24, 2.45) is 5.73 Å². The van der Waals surface area contributed by atoms with Gasteiger partial charge in [-0.15, -0.1) is 0 Å². The third-order valence-electron chi connectivity index (χ3n) is 4.43. The van der Waals surface area contributed by atoms with E-state index in [0.717, 1.165) is 49.6 Å². The fraction of sp³-hybridized carbons (Fsp3) is 0.474. The Labute approximate surface area is 154 Å². The molecule has 1 aliphatic heterocycles. The highest BCUT2D eigenvalue weighted by Crippen LogP contribution is 2.28. The summed E-state index contributed by atoms with van der Waals surface area (Å²) < 4.78 is 10.7. The lowest BCUT2D eigenvalue weighted by atomic mass is 10.2. The number of hydrogen-bond donors (Lipinski definition) is 2. The fourth-order valence-electron chi connectivity index (χ4n) is 3.09. The maximum absolute atomic E-state index is 6.06. The van der Waals surface area contributed by atoms with Crippen LogP contribution in [0.25, 0.3) is 0 Å². The molecule has 3 N–H and O–H groups in total. The molecule has 0 bridgehead atoms. The number of nitrogens with one attached hydrogen (secondary N) is 1. The van der Waals surface area contributed by atoms with Crippen molar-refractivity contribution in [3.63, 3.8) is 0 Å². The Morgan fingerprint density at radius 1 is 1.15 bits per heavy atom. The topological polar surface area (TPSA) is 85.5 Å². The zero-order chi connectivity index (χ0) is 18.5. The molecule has 2 aromatic rings. The van der Waals surface area contributed by atoms with Gasteiger partial charge in [0, 0.05) is 54.8 Å². The lowest BCUT2D eigenvalue weighted by Gasteiger charge is -2.19. The summed E-state index contributed by atoms with van der Waals surface area (Å²) in [5.74, 6) is 2.92. The van der Waals surface area contributed by atoms with Gasteiger partial charge in [-0.3, -0.25) is 0 Å². The number of ether oxygens (including phenoxy) is 2. The Bertz CT molecular complexity index is 730. The average Bonchev–Trinajstić information content (AvgIpc) is 3.08. The average molecular weight is 357 g/mol. The maximum Gasteiger partial charge on any atom is 0.229 e. The molecule has 140 valence electrons. The highest BCUT2D eigenvalue weighted by atomic mass is 16.5. The summed E-state index contributed by atoms with van der Waals surface area (Å²) in [5, 5.41) is 3.29. The molecule has 3 rings (SSSR count). The van der Waals surface area contributed by atoms with E-state index in [9.17, 15) is 0 Å². The molecule has 7 heteroatoms. The first kappa shape index (κ1) is 18.3. The van der Waals surface area contributed by atoms with Crippen LogP contribution in [0.4, 0.5) is 17.5 Å². The highest BCUT2D eigenvalue weighted by Gasteiger charge is 2.21. The highest BCUT2D eigenvalue weighted by molar-refractivity contribution is 5.61. The minimum absolute atomic E-state index is 0.207. The number of nitrogens with two attached hydrogens (primary N) is 1. The van der Waals surface area contributed by atoms with Gasteiger partial charge in [0.15, 0.2) is 0 Å². The van der Waals surface area contributed by atoms with Crippen molar-refractivity contribution in [1.29, 1.82) is 0 Å². The first-order chi connectivity index (χ1) is 12.6. The van der Waals surface area contributed by atoms with Crippen LogP contribution >= 0.6 is 0 Å². The minimum atomic E-state index is 0.207. The second-order valence-electron chi connectivity index (χ2n) is 6.51. The number of rotatable bonds is 7. The second kappa shape index (κ2) is 8.23. The van der Waals surface area contributed by atoms with Crippen molar-refractivity contribution in [2.45, 2.75) is 32.2 Å². The van der Waals surface area contributed by atoms with E-state index in [2.05, 4.69) is 28.2 Å². The minimum Gasteiger partial charge on any atom is -0.497 e. The standard InChI is InChI=1S/C19H27N5O2/c1-4-5-14-10-18(24-7-6-13(20)12-24)23-19(21-14)22-15-8-16(25-2)11-17(9-15)26-3/h8-11,13H,4-7,12,20H2,1-3H3,(H,21,22,23). The van der Waals surface area contributed by atoms with Crippen LogP contribution < -0.4 is 25.4 Å². The predicted molar refractivity (Wildman–Crippen MR) is 104 cm³/mol. The van der Waals surface area contributed by atoms with E-state index in [1.807, 2.05) is 18.2 Å². The Hall–Kier alpha value is -2.54. The molecule has 0 amide bonds. The SMILES string of the molecule is CCCc1cc(N2CCC(N)C2)nc(Nc2cc(OC)cc(OC)c2)n1. The summed E-state index contributed by atoms with van der Waals surface area (Å²) in [7, 11) is 3.26. The van der Waals surface area contributed by atoms with Crippen LogP contribution in [-0.2, 0) is 6.42 Å². The van der Waals surface area contributed by atoms with E-state index in [0.29, 0.717) is 17.4 Å². The van der Waals surface area contributed by atoms with E-state index in [-0.39, 0.29) is 6.04 Å². The number of aromatic nitrogens is 2. The number of benzene rings is 1. The molecule has 0 saturated carbocycles. The molecule has 1 aromatic carbocycles. The molecule has 0 aliphatic carbocycles. The fourth-order valence-corrected chi connectivity index (χ4v) is 3.09. The molecule has 1 saturated heterocycles. The van der Waals surface area contributed by atoms with E-state index >= 15 is 0 Å². The van der Waals surface area contributed by atoms with Crippen LogP contribution in [-0.4, -0.2) is 43.3 Å². The van der Waals surface area contributed by atoms with Gasteiger partial charge in [-0.25, -0.2) is 4.98 Å². The number of anilines is 3. The van der Waals surface area contributed by atoms with Crippen molar-refractivity contribution in [1.82, 2.24) is 9.97 Å². The van der Waals surface area contributed by atoms with Crippen LogP contribution in [0.3, 0.4) is 0 Å². The van der Waals surface area contributed by atoms with Crippen molar-refractivity contribution in [2.75, 3.05) is 37.5 Å². The monoisotopic (exact) mass is 357 g/mol. The summed E-state index contributed by atoms with van der Waals surface area (Å²) in [4.78, 5) is 11.6. The normalized spacial score (nSPS) is 16.6. The van der Waals surface area contributed by atoms with Crippen molar-refractivity contribution < 1.29 is 9.47 Å². The summed E-state index contributed by atoms with van der Waals surface area (Å²) >= 11 is 0. The quantitative estimate of drug-likeness (QED) is 0.788. The summed E-state index contributed by atoms with van der Waals surface area (Å²) in [6.45, 7) is 3.90. The van der Waals surface area contributed by atoms with Crippen LogP contribution in [0.1, 0.15) is 25.5 Å². The number of aryl methyl sites for hydroxylation is 1. The van der Waals surface area contributed by atoms with E-state index in [1.54, 1.807) is 14.2 Å².